The summed E-state index contributed by atoms with van der Waals surface area (Å²) in [7, 11) is 0. The van der Waals surface area contributed by atoms with Crippen LogP contribution in [0.5, 0.6) is 5.75 Å². The van der Waals surface area contributed by atoms with E-state index in [0.717, 1.165) is 6.92 Å². The molecule has 13 atom stereocenters. The average molecular weight is 1250 g/mol. The monoisotopic (exact) mass is 1250 g/mol. The van der Waals surface area contributed by atoms with E-state index in [2.05, 4.69) is 72.8 Å². The fourth-order valence-electron chi connectivity index (χ4n) is 9.24. The number of aliphatic imine (C=N–C) groups is 1. The van der Waals surface area contributed by atoms with Gasteiger partial charge in [-0.25, -0.2) is 4.79 Å². The lowest BCUT2D eigenvalue weighted by atomic mass is 9.96. The molecule has 0 aliphatic carbocycles. The van der Waals surface area contributed by atoms with Crippen LogP contribution >= 0.6 is 25.3 Å². The number of likely N-dealkylation sites (tertiary alicyclic amines) is 2. The second kappa shape index (κ2) is 35.8. The number of aliphatic hydroxyl groups excluding tert-OH is 3. The van der Waals surface area contributed by atoms with Crippen molar-refractivity contribution in [3.8, 4) is 5.75 Å². The standard InChI is InChI=1S/C52H83N15O17S2/c1-4-25(2)39(64-44(76)33(22-69)61-42(74)30(8-5-17-57-52(55)56)59-48(80)40(26(3)70)65-46(78)35(24-86)62-41(73)29(53)21-68)50(82)67-19-7-10-37(67)49(81)66-18-6-9-36(66)47(79)58-31(15-16-38(54)72)43(75)63-34(23-85)45(77)60-32(51(83)84)20-27-11-13-28(71)14-12-27/h11-14,25-26,29-37,39-40,68-71,85-86H,4-10,15-24,53H2,1-3H3,(H2,54,72)(H,58,79)(H,59,80)(H,60,77)(H,61,74)(H,62,73)(H,63,75)(H,64,76)(H,65,78)(H,83,84)(H4,55,56,57)/t25-,26+,29-,30-,31-,32-,33-,34-,35-,36-,37-,39-,40-/m0/s1. The van der Waals surface area contributed by atoms with Gasteiger partial charge in [-0.15, -0.1) is 0 Å². The van der Waals surface area contributed by atoms with E-state index in [1.807, 2.05) is 0 Å². The number of benzene rings is 1. The number of nitrogens with two attached hydrogens (primary N) is 4. The van der Waals surface area contributed by atoms with Gasteiger partial charge in [-0.2, -0.15) is 25.3 Å². The Morgan fingerprint density at radius 1 is 0.640 bits per heavy atom. The summed E-state index contributed by atoms with van der Waals surface area (Å²) in [5.41, 5.74) is 22.3. The van der Waals surface area contributed by atoms with Crippen LogP contribution in [-0.2, 0) is 64.0 Å². The number of aromatic hydroxyl groups is 1. The number of guanidine groups is 1. The number of carbonyl (C=O) groups excluding carboxylic acids is 11. The van der Waals surface area contributed by atoms with Crippen molar-refractivity contribution in [1.82, 2.24) is 52.3 Å². The first-order valence-corrected chi connectivity index (χ1v) is 29.1. The van der Waals surface area contributed by atoms with Gasteiger partial charge in [0, 0.05) is 44.0 Å². The van der Waals surface area contributed by atoms with Crippen LogP contribution < -0.4 is 65.5 Å². The van der Waals surface area contributed by atoms with Crippen molar-refractivity contribution in [1.29, 1.82) is 0 Å². The number of carboxylic acid groups (broad SMARTS) is 1. The second-order valence-electron chi connectivity index (χ2n) is 20.8. The number of hydrogen-bond donors (Lipinski definition) is 19. The van der Waals surface area contributed by atoms with Crippen LogP contribution in [0, 0.1) is 5.92 Å². The molecule has 1 aromatic carbocycles. The van der Waals surface area contributed by atoms with Crippen molar-refractivity contribution in [2.45, 2.75) is 158 Å². The van der Waals surface area contributed by atoms with Gasteiger partial charge in [0.25, 0.3) is 0 Å². The summed E-state index contributed by atoms with van der Waals surface area (Å²) in [6.07, 6.45) is -1.54. The highest BCUT2D eigenvalue weighted by Crippen LogP contribution is 2.27. The first kappa shape index (κ1) is 72.7. The number of aliphatic carboxylic acids is 1. The minimum atomic E-state index is -1.77. The highest BCUT2D eigenvalue weighted by Gasteiger charge is 2.45. The molecule has 86 heavy (non-hydrogen) atoms. The molecule has 0 radical (unpaired) electrons. The molecule has 0 saturated carbocycles. The number of primary amides is 1. The van der Waals surface area contributed by atoms with Crippen LogP contribution in [0.4, 0.5) is 0 Å². The summed E-state index contributed by atoms with van der Waals surface area (Å²) >= 11 is 8.21. The third-order valence-electron chi connectivity index (χ3n) is 14.4. The lowest BCUT2D eigenvalue weighted by Crippen LogP contribution is -2.62. The Labute approximate surface area is 507 Å². The first-order chi connectivity index (χ1) is 40.6. The van der Waals surface area contributed by atoms with Crippen LogP contribution in [0.15, 0.2) is 29.3 Å². The number of amides is 11. The van der Waals surface area contributed by atoms with E-state index in [1.54, 1.807) is 13.8 Å². The molecular weight excluding hydrogens is 1170 g/mol. The van der Waals surface area contributed by atoms with Crippen molar-refractivity contribution in [2.75, 3.05) is 44.4 Å². The van der Waals surface area contributed by atoms with Crippen molar-refractivity contribution in [3.63, 3.8) is 0 Å². The van der Waals surface area contributed by atoms with Crippen LogP contribution in [0.1, 0.15) is 84.1 Å². The van der Waals surface area contributed by atoms with Crippen molar-refractivity contribution < 1.29 is 83.1 Å². The van der Waals surface area contributed by atoms with Gasteiger partial charge < -0.3 is 101 Å². The maximum absolute atomic E-state index is 14.6. The Morgan fingerprint density at radius 2 is 1.14 bits per heavy atom. The van der Waals surface area contributed by atoms with Crippen molar-refractivity contribution >= 4 is 102 Å². The number of carboxylic acids is 1. The van der Waals surface area contributed by atoms with Crippen molar-refractivity contribution in [2.24, 2.45) is 33.8 Å². The van der Waals surface area contributed by atoms with Gasteiger partial charge in [-0.05, 0) is 75.5 Å². The zero-order chi connectivity index (χ0) is 64.5. The van der Waals surface area contributed by atoms with Gasteiger partial charge in [0.1, 0.15) is 72.2 Å². The van der Waals surface area contributed by atoms with Crippen LogP contribution in [-0.4, -0.2) is 229 Å². The van der Waals surface area contributed by atoms with Gasteiger partial charge in [0.05, 0.1) is 19.3 Å². The van der Waals surface area contributed by atoms with E-state index in [-0.39, 0.29) is 81.4 Å². The second-order valence-corrected chi connectivity index (χ2v) is 21.6. The zero-order valence-corrected chi connectivity index (χ0v) is 49.8. The quantitative estimate of drug-likeness (QED) is 0.0130. The van der Waals surface area contributed by atoms with E-state index in [4.69, 9.17) is 22.9 Å². The first-order valence-electron chi connectivity index (χ1n) is 27.9. The number of carbonyl (C=O) groups is 12. The highest BCUT2D eigenvalue weighted by atomic mass is 32.1. The molecule has 11 amide bonds. The van der Waals surface area contributed by atoms with Gasteiger partial charge in [0.15, 0.2) is 5.96 Å². The van der Waals surface area contributed by atoms with Crippen LogP contribution in [0.2, 0.25) is 0 Å². The summed E-state index contributed by atoms with van der Waals surface area (Å²) in [6.45, 7) is 2.77. The number of phenols is 1. The van der Waals surface area contributed by atoms with E-state index in [0.29, 0.717) is 24.8 Å². The Hall–Kier alpha value is -7.53. The molecule has 0 aromatic heterocycles. The summed E-state index contributed by atoms with van der Waals surface area (Å²) in [5, 5.41) is 69.0. The lowest BCUT2D eigenvalue weighted by molar-refractivity contribution is -0.149. The predicted octanol–water partition coefficient (Wildman–Crippen LogP) is -7.20. The number of rotatable bonds is 35. The summed E-state index contributed by atoms with van der Waals surface area (Å²) in [5.74, 6) is -13.0. The summed E-state index contributed by atoms with van der Waals surface area (Å²) in [6, 6.07) is -10.4. The molecule has 480 valence electrons. The third-order valence-corrected chi connectivity index (χ3v) is 15.1. The van der Waals surface area contributed by atoms with E-state index >= 15 is 0 Å². The fraction of sp³-hybridized carbons (Fsp3) is 0.635. The average Bonchev–Trinajstić information content (AvgIpc) is 2.23. The Balaban J connectivity index is 1.80. The highest BCUT2D eigenvalue weighted by molar-refractivity contribution is 7.80. The molecule has 32 nitrogen and oxygen atoms in total. The summed E-state index contributed by atoms with van der Waals surface area (Å²) in [4.78, 5) is 168. The van der Waals surface area contributed by atoms with Crippen LogP contribution in [0.3, 0.4) is 0 Å². The van der Waals surface area contributed by atoms with Crippen molar-refractivity contribution in [3.05, 3.63) is 29.8 Å². The molecule has 34 heteroatoms. The normalized spacial score (nSPS) is 18.5. The molecular formula is C52H83N15O17S2. The van der Waals surface area contributed by atoms with E-state index in [1.165, 1.54) is 34.1 Å². The van der Waals surface area contributed by atoms with Gasteiger partial charge in [0.2, 0.25) is 65.0 Å². The summed E-state index contributed by atoms with van der Waals surface area (Å²) < 4.78 is 0. The molecule has 2 aliphatic rings. The SMILES string of the molecule is CC[C@H](C)[C@H](NC(=O)[C@H](CO)NC(=O)[C@H](CCCN=C(N)N)NC(=O)[C@@H](NC(=O)[C@H](CS)NC(=O)[C@@H](N)CO)[C@@H](C)O)C(=O)N1CCC[C@H]1C(=O)N1CCC[C@H]1C(=O)N[C@@H](CCC(N)=O)C(=O)N[C@@H](CS)C(=O)N[C@@H](Cc1ccc(O)cc1)C(=O)O. The Bertz CT molecular complexity index is 2580. The molecule has 0 unspecified atom stereocenters. The van der Waals surface area contributed by atoms with Crippen LogP contribution in [0.25, 0.3) is 0 Å². The maximum atomic E-state index is 14.6. The molecule has 2 fully saturated rings. The Morgan fingerprint density at radius 3 is 1.67 bits per heavy atom. The smallest absolute Gasteiger partial charge is 0.326 e. The van der Waals surface area contributed by atoms with Gasteiger partial charge in [-0.3, -0.25) is 57.7 Å². The topological polar surface area (TPSA) is 525 Å². The molecule has 2 heterocycles. The molecule has 1 aromatic rings. The molecule has 21 N–H and O–H groups in total. The molecule has 2 saturated heterocycles. The zero-order valence-electron chi connectivity index (χ0n) is 48.0. The largest absolute Gasteiger partial charge is 0.508 e. The minimum Gasteiger partial charge on any atom is -0.508 e. The number of nitrogens with zero attached hydrogens (tertiary/aromatic N) is 3. The molecule has 0 spiro atoms. The van der Waals surface area contributed by atoms with E-state index < -0.39 is 169 Å². The number of nitrogens with one attached hydrogen (secondary N) is 8. The number of phenolic OH excluding ortho intramolecular Hbond substituents is 1. The van der Waals surface area contributed by atoms with Gasteiger partial charge in [-0.1, -0.05) is 32.4 Å². The Kier molecular flexibility index (Phi) is 30.3. The van der Waals surface area contributed by atoms with Gasteiger partial charge >= 0.3 is 5.97 Å². The lowest BCUT2D eigenvalue weighted by Gasteiger charge is -2.35. The number of aliphatic hydroxyl groups is 3. The molecule has 3 rings (SSSR count). The third kappa shape index (κ3) is 22.1. The number of thiol groups is 2. The van der Waals surface area contributed by atoms with E-state index in [9.17, 15) is 83.1 Å². The minimum absolute atomic E-state index is 0.0396. The number of hydrogen-bond acceptors (Lipinski definition) is 20. The molecule has 2 aliphatic heterocycles. The predicted molar refractivity (Wildman–Crippen MR) is 314 cm³/mol. The maximum Gasteiger partial charge on any atom is 0.326 e. The fourth-order valence-corrected chi connectivity index (χ4v) is 9.76. The molecule has 0 bridgehead atoms.